The van der Waals surface area contributed by atoms with Crippen LogP contribution in [0.4, 0.5) is 15.8 Å². The van der Waals surface area contributed by atoms with Crippen molar-refractivity contribution in [1.29, 1.82) is 0 Å². The number of halogens is 1. The molecule has 2 aliphatic heterocycles. The van der Waals surface area contributed by atoms with Gasteiger partial charge in [-0.05, 0) is 60.5 Å². The predicted molar refractivity (Wildman–Crippen MR) is 120 cm³/mol. The van der Waals surface area contributed by atoms with Crippen molar-refractivity contribution < 1.29 is 13.9 Å². The number of hydrogen-bond acceptors (Lipinski definition) is 4. The molecule has 1 fully saturated rings. The van der Waals surface area contributed by atoms with E-state index in [4.69, 9.17) is 9.47 Å². The fourth-order valence-electron chi connectivity index (χ4n) is 3.53. The summed E-state index contributed by atoms with van der Waals surface area (Å²) in [6, 6.07) is 11.0. The van der Waals surface area contributed by atoms with Crippen LogP contribution in [0.5, 0.6) is 0 Å². The van der Waals surface area contributed by atoms with Gasteiger partial charge >= 0.3 is 0 Å². The third kappa shape index (κ3) is 5.37. The Labute approximate surface area is 173 Å². The lowest BCUT2D eigenvalue weighted by atomic mass is 10.1. The minimum atomic E-state index is -0.254. The van der Waals surface area contributed by atoms with Gasteiger partial charge < -0.3 is 20.1 Å². The van der Waals surface area contributed by atoms with E-state index in [0.29, 0.717) is 13.2 Å². The third-order valence-electron chi connectivity index (χ3n) is 5.10. The summed E-state index contributed by atoms with van der Waals surface area (Å²) in [5.41, 5.74) is 3.88. The number of hydrogen-bond donors (Lipinski definition) is 2. The van der Waals surface area contributed by atoms with Crippen LogP contribution in [-0.2, 0) is 15.9 Å². The Morgan fingerprint density at radius 2 is 2.07 bits per heavy atom. The lowest BCUT2D eigenvalue weighted by Gasteiger charge is -2.18. The number of benzene rings is 2. The molecule has 0 bridgehead atoms. The average molecular weight is 412 g/mol. The molecule has 2 heterocycles. The Balaban J connectivity index is 1.62. The van der Waals surface area contributed by atoms with E-state index in [9.17, 15) is 4.39 Å². The Morgan fingerprint density at radius 1 is 1.17 bits per heavy atom. The van der Waals surface area contributed by atoms with Crippen molar-refractivity contribution >= 4 is 32.0 Å². The summed E-state index contributed by atoms with van der Waals surface area (Å²) in [5, 5.41) is 7.90. The van der Waals surface area contributed by atoms with Gasteiger partial charge in [0, 0.05) is 29.7 Å². The highest BCUT2D eigenvalue weighted by Gasteiger charge is 2.17. The minimum absolute atomic E-state index is 0.147. The van der Waals surface area contributed by atoms with E-state index in [0.717, 1.165) is 53.9 Å². The average Bonchev–Trinajstić information content (AvgIpc) is 3.22. The summed E-state index contributed by atoms with van der Waals surface area (Å²) in [5.74, 6) is 0.525. The van der Waals surface area contributed by atoms with Crippen LogP contribution < -0.4 is 15.9 Å². The number of anilines is 2. The second-order valence-corrected chi connectivity index (χ2v) is 7.98. The maximum absolute atomic E-state index is 13.8. The molecule has 2 aromatic rings. The normalized spacial score (nSPS) is 21.9. The molecule has 152 valence electrons. The molecule has 0 saturated carbocycles. The Bertz CT molecular complexity index is 923. The van der Waals surface area contributed by atoms with Gasteiger partial charge in [0.25, 0.3) is 0 Å². The fraction of sp³-hybridized carbons (Fsp3) is 0.304. The molecular weight excluding hydrogens is 386 g/mol. The summed E-state index contributed by atoms with van der Waals surface area (Å²) < 4.78 is 25.5. The molecule has 2 aromatic carbocycles. The molecule has 29 heavy (non-hydrogen) atoms. The lowest BCUT2D eigenvalue weighted by molar-refractivity contribution is 0.0429. The Hall–Kier alpha value is -2.36. The van der Waals surface area contributed by atoms with Crippen LogP contribution >= 0.6 is 9.24 Å². The summed E-state index contributed by atoms with van der Waals surface area (Å²) in [4.78, 5) is 0. The van der Waals surface area contributed by atoms with Gasteiger partial charge in [-0.15, -0.1) is 9.24 Å². The highest BCUT2D eigenvalue weighted by molar-refractivity contribution is 7.27. The number of nitrogens with one attached hydrogen (secondary N) is 2. The zero-order chi connectivity index (χ0) is 20.1. The molecule has 2 aliphatic rings. The summed E-state index contributed by atoms with van der Waals surface area (Å²) >= 11 is 0. The predicted octanol–water partition coefficient (Wildman–Crippen LogP) is 4.46. The second kappa shape index (κ2) is 9.43. The molecule has 0 spiro atoms. The quantitative estimate of drug-likeness (QED) is 0.731. The van der Waals surface area contributed by atoms with Crippen molar-refractivity contribution in [3.8, 4) is 0 Å². The molecule has 0 aliphatic carbocycles. The largest absolute Gasteiger partial charge is 0.492 e. The smallest absolute Gasteiger partial charge is 0.131 e. The standard InChI is InChI=1S/C23H26FN2O2P/c24-18-6-8-22-16(11-18)3-1-4-17-12-21(29)7-9-23(17)26-14-20(13-25-22)28-15-19-5-2-10-27-19/h1,3,6-9,11-13,19,25-26H,2,4-5,10,14-15,29H2/b3-1+,20-13-. The van der Waals surface area contributed by atoms with Crippen LogP contribution in [-0.4, -0.2) is 25.9 Å². The van der Waals surface area contributed by atoms with Crippen LogP contribution in [0.25, 0.3) is 6.08 Å². The summed E-state index contributed by atoms with van der Waals surface area (Å²) in [6.45, 7) is 1.88. The number of allylic oxidation sites excluding steroid dienone is 1. The topological polar surface area (TPSA) is 42.5 Å². The van der Waals surface area contributed by atoms with Crippen LogP contribution in [0.2, 0.25) is 0 Å². The van der Waals surface area contributed by atoms with E-state index in [1.54, 1.807) is 6.07 Å². The van der Waals surface area contributed by atoms with E-state index < -0.39 is 0 Å². The van der Waals surface area contributed by atoms with Gasteiger partial charge in [0.1, 0.15) is 18.2 Å². The summed E-state index contributed by atoms with van der Waals surface area (Å²) in [6.07, 6.45) is 8.86. The molecule has 2 unspecified atom stereocenters. The highest BCUT2D eigenvalue weighted by atomic mass is 31.0. The molecule has 4 nitrogen and oxygen atoms in total. The Kier molecular flexibility index (Phi) is 6.48. The zero-order valence-electron chi connectivity index (χ0n) is 16.3. The molecule has 1 saturated heterocycles. The first-order valence-electron chi connectivity index (χ1n) is 9.96. The van der Waals surface area contributed by atoms with Crippen LogP contribution in [0.1, 0.15) is 24.0 Å². The van der Waals surface area contributed by atoms with E-state index >= 15 is 0 Å². The van der Waals surface area contributed by atoms with Crippen molar-refractivity contribution in [2.45, 2.75) is 25.4 Å². The van der Waals surface area contributed by atoms with E-state index in [1.165, 1.54) is 17.7 Å². The van der Waals surface area contributed by atoms with Gasteiger partial charge in [-0.25, -0.2) is 4.39 Å². The molecule has 0 aromatic heterocycles. The molecule has 0 radical (unpaired) electrons. The molecular formula is C23H26FN2O2P. The van der Waals surface area contributed by atoms with Crippen LogP contribution in [0, 0.1) is 5.82 Å². The molecule has 2 N–H and O–H groups in total. The van der Waals surface area contributed by atoms with Gasteiger partial charge in [-0.1, -0.05) is 18.2 Å². The lowest BCUT2D eigenvalue weighted by Crippen LogP contribution is -2.18. The molecule has 4 rings (SSSR count). The first-order valence-corrected chi connectivity index (χ1v) is 10.5. The monoisotopic (exact) mass is 412 g/mol. The maximum atomic E-state index is 13.8. The fourth-order valence-corrected chi connectivity index (χ4v) is 3.83. The van der Waals surface area contributed by atoms with E-state index in [-0.39, 0.29) is 11.9 Å². The van der Waals surface area contributed by atoms with Gasteiger partial charge in [-0.3, -0.25) is 0 Å². The van der Waals surface area contributed by atoms with E-state index in [2.05, 4.69) is 44.1 Å². The number of ether oxygens (including phenoxy) is 2. The summed E-state index contributed by atoms with van der Waals surface area (Å²) in [7, 11) is 2.74. The molecule has 2 atom stereocenters. The van der Waals surface area contributed by atoms with Crippen molar-refractivity contribution in [3.63, 3.8) is 0 Å². The van der Waals surface area contributed by atoms with E-state index in [1.807, 2.05) is 12.3 Å². The van der Waals surface area contributed by atoms with Crippen molar-refractivity contribution in [1.82, 2.24) is 0 Å². The van der Waals surface area contributed by atoms with Crippen molar-refractivity contribution in [2.24, 2.45) is 0 Å². The third-order valence-corrected chi connectivity index (χ3v) is 5.46. The zero-order valence-corrected chi connectivity index (χ0v) is 17.4. The maximum Gasteiger partial charge on any atom is 0.131 e. The van der Waals surface area contributed by atoms with Gasteiger partial charge in [-0.2, -0.15) is 0 Å². The highest BCUT2D eigenvalue weighted by Crippen LogP contribution is 2.23. The first kappa shape index (κ1) is 19.9. The van der Waals surface area contributed by atoms with Gasteiger partial charge in [0.15, 0.2) is 0 Å². The van der Waals surface area contributed by atoms with Gasteiger partial charge in [0.05, 0.1) is 12.6 Å². The first-order chi connectivity index (χ1) is 14.2. The van der Waals surface area contributed by atoms with Crippen molar-refractivity contribution in [2.75, 3.05) is 30.4 Å². The Morgan fingerprint density at radius 3 is 2.93 bits per heavy atom. The van der Waals surface area contributed by atoms with Crippen LogP contribution in [0.15, 0.2) is 54.4 Å². The number of fused-ring (bicyclic) bond motifs is 2. The minimum Gasteiger partial charge on any atom is -0.492 e. The number of rotatable bonds is 3. The molecule has 0 amide bonds. The van der Waals surface area contributed by atoms with Crippen LogP contribution in [0.3, 0.4) is 0 Å². The van der Waals surface area contributed by atoms with Crippen molar-refractivity contribution in [3.05, 3.63) is 71.4 Å². The van der Waals surface area contributed by atoms with Gasteiger partial charge in [0.2, 0.25) is 0 Å². The second-order valence-electron chi connectivity index (χ2n) is 7.31. The molecule has 6 heteroatoms. The SMILES string of the molecule is Fc1ccc2c(c1)/C=C/Cc1cc(P)ccc1NC/C(OCC1CCCO1)=C/N2.